The molecule has 70 valence electrons. The summed E-state index contributed by atoms with van der Waals surface area (Å²) < 4.78 is 0. The molecule has 0 N–H and O–H groups in total. The molecule has 0 bridgehead atoms. The molecule has 0 aliphatic carbocycles. The average Bonchev–Trinajstić information content (AvgIpc) is 2.23. The van der Waals surface area contributed by atoms with Crippen LogP contribution in [0.3, 0.4) is 0 Å². The molecule has 2 nitrogen and oxygen atoms in total. The Morgan fingerprint density at radius 2 is 1.71 bits per heavy atom. The number of nitrogens with zero attached hydrogens (tertiary/aromatic N) is 2. The Labute approximate surface area is 88.4 Å². The summed E-state index contributed by atoms with van der Waals surface area (Å²) in [6.45, 7) is 0. The molecule has 0 spiro atoms. The van der Waals surface area contributed by atoms with Crippen molar-refractivity contribution >= 4 is 12.6 Å². The average molecular weight is 202 g/mol. The molecule has 1 aromatic carbocycles. The summed E-state index contributed by atoms with van der Waals surface area (Å²) in [6.07, 6.45) is 4.24. The molecule has 0 saturated heterocycles. The van der Waals surface area contributed by atoms with Gasteiger partial charge in [0.25, 0.3) is 0 Å². The van der Waals surface area contributed by atoms with Crippen molar-refractivity contribution in [2.45, 2.75) is 11.3 Å². The Morgan fingerprint density at radius 3 is 2.43 bits per heavy atom. The molecule has 0 aliphatic rings. The molecule has 14 heavy (non-hydrogen) atoms. The fraction of sp³-hybridized carbons (Fsp3) is 0.0909. The van der Waals surface area contributed by atoms with E-state index < -0.39 is 0 Å². The van der Waals surface area contributed by atoms with E-state index in [2.05, 4.69) is 22.6 Å². The Kier molecular flexibility index (Phi) is 2.79. The van der Waals surface area contributed by atoms with Gasteiger partial charge in [-0.25, -0.2) is 9.97 Å². The van der Waals surface area contributed by atoms with Gasteiger partial charge >= 0.3 is 0 Å². The minimum absolute atomic E-state index is 0.737. The minimum atomic E-state index is 0.737. The van der Waals surface area contributed by atoms with Crippen molar-refractivity contribution < 1.29 is 0 Å². The summed E-state index contributed by atoms with van der Waals surface area (Å²) in [5, 5.41) is 0. The van der Waals surface area contributed by atoms with Crippen LogP contribution in [0.5, 0.6) is 0 Å². The van der Waals surface area contributed by atoms with Crippen LogP contribution in [0.4, 0.5) is 0 Å². The highest BCUT2D eigenvalue weighted by molar-refractivity contribution is 7.80. The summed E-state index contributed by atoms with van der Waals surface area (Å²) >= 11 is 4.37. The van der Waals surface area contributed by atoms with Crippen molar-refractivity contribution in [2.24, 2.45) is 0 Å². The van der Waals surface area contributed by atoms with Crippen LogP contribution < -0.4 is 0 Å². The number of hydrogen-bond acceptors (Lipinski definition) is 3. The molecule has 0 radical (unpaired) electrons. The van der Waals surface area contributed by atoms with Crippen LogP contribution in [0.25, 0.3) is 0 Å². The van der Waals surface area contributed by atoms with Crippen molar-refractivity contribution in [2.75, 3.05) is 0 Å². The third-order valence-corrected chi connectivity index (χ3v) is 2.40. The molecule has 1 aromatic heterocycles. The van der Waals surface area contributed by atoms with E-state index in [1.54, 1.807) is 12.4 Å². The molecule has 0 atom stereocenters. The van der Waals surface area contributed by atoms with Crippen LogP contribution >= 0.6 is 12.6 Å². The van der Waals surface area contributed by atoms with Gasteiger partial charge in [-0.3, -0.25) is 0 Å². The SMILES string of the molecule is Sc1ccccc1Cc1ncccn1. The monoisotopic (exact) mass is 202 g/mol. The summed E-state index contributed by atoms with van der Waals surface area (Å²) in [6, 6.07) is 9.80. The van der Waals surface area contributed by atoms with E-state index in [9.17, 15) is 0 Å². The zero-order chi connectivity index (χ0) is 9.80. The van der Waals surface area contributed by atoms with Crippen LogP contribution in [-0.2, 0) is 6.42 Å². The molecule has 2 aromatic rings. The fourth-order valence-electron chi connectivity index (χ4n) is 1.25. The molecule has 1 heterocycles. The summed E-state index contributed by atoms with van der Waals surface area (Å²) in [4.78, 5) is 9.33. The van der Waals surface area contributed by atoms with Crippen molar-refractivity contribution in [3.05, 3.63) is 54.1 Å². The predicted octanol–water partition coefficient (Wildman–Crippen LogP) is 2.36. The van der Waals surface area contributed by atoms with E-state index in [1.807, 2.05) is 30.3 Å². The smallest absolute Gasteiger partial charge is 0.132 e. The second kappa shape index (κ2) is 4.24. The molecule has 0 saturated carbocycles. The highest BCUT2D eigenvalue weighted by Gasteiger charge is 2.00. The van der Waals surface area contributed by atoms with E-state index in [0.29, 0.717) is 0 Å². The van der Waals surface area contributed by atoms with Crippen molar-refractivity contribution in [1.29, 1.82) is 0 Å². The van der Waals surface area contributed by atoms with Gasteiger partial charge in [0, 0.05) is 23.7 Å². The van der Waals surface area contributed by atoms with Crippen LogP contribution in [0.1, 0.15) is 11.4 Å². The number of hydrogen-bond donors (Lipinski definition) is 1. The maximum Gasteiger partial charge on any atom is 0.132 e. The highest BCUT2D eigenvalue weighted by Crippen LogP contribution is 2.15. The molecule has 0 aliphatic heterocycles. The second-order valence-electron chi connectivity index (χ2n) is 2.97. The lowest BCUT2D eigenvalue weighted by atomic mass is 10.1. The van der Waals surface area contributed by atoms with Crippen molar-refractivity contribution in [1.82, 2.24) is 9.97 Å². The summed E-state index contributed by atoms with van der Waals surface area (Å²) in [5.74, 6) is 0.828. The van der Waals surface area contributed by atoms with Gasteiger partial charge in [-0.05, 0) is 17.7 Å². The largest absolute Gasteiger partial charge is 0.241 e. The van der Waals surface area contributed by atoms with Gasteiger partial charge in [-0.2, -0.15) is 0 Å². The van der Waals surface area contributed by atoms with Crippen LogP contribution in [0.15, 0.2) is 47.6 Å². The summed E-state index contributed by atoms with van der Waals surface area (Å²) in [7, 11) is 0. The van der Waals surface area contributed by atoms with E-state index >= 15 is 0 Å². The molecular formula is C11H10N2S. The normalized spacial score (nSPS) is 10.1. The second-order valence-corrected chi connectivity index (χ2v) is 3.45. The van der Waals surface area contributed by atoms with Gasteiger partial charge in [-0.1, -0.05) is 18.2 Å². The van der Waals surface area contributed by atoms with Crippen LogP contribution in [0.2, 0.25) is 0 Å². The lowest BCUT2D eigenvalue weighted by Gasteiger charge is -2.02. The maximum atomic E-state index is 4.37. The van der Waals surface area contributed by atoms with Gasteiger partial charge in [0.2, 0.25) is 0 Å². The Morgan fingerprint density at radius 1 is 1.00 bits per heavy atom. The van der Waals surface area contributed by atoms with Gasteiger partial charge in [-0.15, -0.1) is 12.6 Å². The van der Waals surface area contributed by atoms with Crippen LogP contribution in [0, 0.1) is 0 Å². The van der Waals surface area contributed by atoms with Crippen molar-refractivity contribution in [3.8, 4) is 0 Å². The zero-order valence-corrected chi connectivity index (χ0v) is 8.48. The van der Waals surface area contributed by atoms with Crippen molar-refractivity contribution in [3.63, 3.8) is 0 Å². The zero-order valence-electron chi connectivity index (χ0n) is 7.59. The maximum absolute atomic E-state index is 4.37. The number of thiol groups is 1. The van der Waals surface area contributed by atoms with E-state index in [1.165, 1.54) is 0 Å². The lowest BCUT2D eigenvalue weighted by Crippen LogP contribution is -1.95. The van der Waals surface area contributed by atoms with Gasteiger partial charge in [0.1, 0.15) is 5.82 Å². The summed E-state index contributed by atoms with van der Waals surface area (Å²) in [5.41, 5.74) is 1.15. The number of rotatable bonds is 2. The third kappa shape index (κ3) is 2.12. The topological polar surface area (TPSA) is 25.8 Å². The molecular weight excluding hydrogens is 192 g/mol. The Hall–Kier alpha value is -1.35. The first kappa shape index (κ1) is 9.21. The Bertz CT molecular complexity index is 415. The third-order valence-electron chi connectivity index (χ3n) is 1.96. The lowest BCUT2D eigenvalue weighted by molar-refractivity contribution is 0.952. The van der Waals surface area contributed by atoms with E-state index in [-0.39, 0.29) is 0 Å². The number of aromatic nitrogens is 2. The standard InChI is InChI=1S/C11H10N2S/c14-10-5-2-1-4-9(10)8-11-12-6-3-7-13-11/h1-7,14H,8H2. The van der Waals surface area contributed by atoms with Gasteiger partial charge in [0.05, 0.1) is 0 Å². The molecule has 3 heteroatoms. The first-order valence-electron chi connectivity index (χ1n) is 4.39. The molecule has 0 amide bonds. The molecule has 0 fully saturated rings. The fourth-order valence-corrected chi connectivity index (χ4v) is 1.49. The predicted molar refractivity (Wildman–Crippen MR) is 58.5 cm³/mol. The number of benzene rings is 1. The van der Waals surface area contributed by atoms with E-state index in [4.69, 9.17) is 0 Å². The first-order chi connectivity index (χ1) is 6.86. The minimum Gasteiger partial charge on any atom is -0.241 e. The molecule has 0 unspecified atom stereocenters. The van der Waals surface area contributed by atoms with Gasteiger partial charge < -0.3 is 0 Å². The van der Waals surface area contributed by atoms with Crippen LogP contribution in [-0.4, -0.2) is 9.97 Å². The Balaban J connectivity index is 2.24. The van der Waals surface area contributed by atoms with Gasteiger partial charge in [0.15, 0.2) is 0 Å². The quantitative estimate of drug-likeness (QED) is 0.756. The van der Waals surface area contributed by atoms with E-state index in [0.717, 1.165) is 22.7 Å². The first-order valence-corrected chi connectivity index (χ1v) is 4.84. The highest BCUT2D eigenvalue weighted by atomic mass is 32.1. The molecule has 2 rings (SSSR count).